The second-order valence-electron chi connectivity index (χ2n) is 4.88. The van der Waals surface area contributed by atoms with Gasteiger partial charge in [0.2, 0.25) is 6.41 Å². The molecule has 0 saturated carbocycles. The van der Waals surface area contributed by atoms with E-state index in [0.717, 1.165) is 28.0 Å². The van der Waals surface area contributed by atoms with E-state index in [2.05, 4.69) is 15.6 Å². The SMILES string of the molecule is C/C=C/C(=C\NC)c1cnc(N)c(-c2ccc(NC=O)cc2)c1. The van der Waals surface area contributed by atoms with Crippen molar-refractivity contribution in [3.05, 3.63) is 60.4 Å². The number of amides is 1. The topological polar surface area (TPSA) is 80.0 Å². The van der Waals surface area contributed by atoms with E-state index in [4.69, 9.17) is 5.73 Å². The number of anilines is 2. The number of hydrogen-bond acceptors (Lipinski definition) is 4. The second-order valence-corrected chi connectivity index (χ2v) is 4.88. The zero-order valence-electron chi connectivity index (χ0n) is 13.2. The van der Waals surface area contributed by atoms with Gasteiger partial charge >= 0.3 is 0 Å². The molecule has 1 amide bonds. The molecule has 118 valence electrons. The third-order valence-corrected chi connectivity index (χ3v) is 3.32. The molecular weight excluding hydrogens is 288 g/mol. The lowest BCUT2D eigenvalue weighted by Crippen LogP contribution is -1.99. The van der Waals surface area contributed by atoms with E-state index in [1.165, 1.54) is 0 Å². The van der Waals surface area contributed by atoms with Gasteiger partial charge in [0.1, 0.15) is 5.82 Å². The third kappa shape index (κ3) is 3.97. The van der Waals surface area contributed by atoms with Crippen LogP contribution < -0.4 is 16.4 Å². The third-order valence-electron chi connectivity index (χ3n) is 3.32. The molecule has 0 radical (unpaired) electrons. The summed E-state index contributed by atoms with van der Waals surface area (Å²) in [6.07, 6.45) is 8.29. The Morgan fingerprint density at radius 1 is 1.26 bits per heavy atom. The monoisotopic (exact) mass is 308 g/mol. The molecule has 5 nitrogen and oxygen atoms in total. The summed E-state index contributed by atoms with van der Waals surface area (Å²) in [6.45, 7) is 1.97. The predicted molar refractivity (Wildman–Crippen MR) is 95.6 cm³/mol. The van der Waals surface area contributed by atoms with E-state index < -0.39 is 0 Å². The van der Waals surface area contributed by atoms with Crippen molar-refractivity contribution in [2.75, 3.05) is 18.1 Å². The normalized spacial score (nSPS) is 11.5. The Bertz CT molecular complexity index is 733. The van der Waals surface area contributed by atoms with Crippen LogP contribution in [0.2, 0.25) is 0 Å². The number of hydrogen-bond donors (Lipinski definition) is 3. The van der Waals surface area contributed by atoms with Crippen LogP contribution in [-0.2, 0) is 4.79 Å². The molecule has 0 saturated heterocycles. The summed E-state index contributed by atoms with van der Waals surface area (Å²) in [5.41, 5.74) is 10.5. The minimum atomic E-state index is 0.467. The lowest BCUT2D eigenvalue weighted by atomic mass is 10.0. The van der Waals surface area contributed by atoms with E-state index in [0.29, 0.717) is 12.2 Å². The Hall–Kier alpha value is -3.08. The molecule has 23 heavy (non-hydrogen) atoms. The van der Waals surface area contributed by atoms with Crippen LogP contribution in [0.4, 0.5) is 11.5 Å². The summed E-state index contributed by atoms with van der Waals surface area (Å²) in [5, 5.41) is 5.64. The molecule has 0 aliphatic carbocycles. The lowest BCUT2D eigenvalue weighted by Gasteiger charge is -2.10. The highest BCUT2D eigenvalue weighted by atomic mass is 16.1. The summed E-state index contributed by atoms with van der Waals surface area (Å²) in [6, 6.07) is 9.46. The summed E-state index contributed by atoms with van der Waals surface area (Å²) in [5.74, 6) is 0.467. The number of nitrogen functional groups attached to an aromatic ring is 1. The molecule has 0 spiro atoms. The van der Waals surface area contributed by atoms with Gasteiger partial charge in [-0.05, 0) is 36.3 Å². The van der Waals surface area contributed by atoms with Crippen LogP contribution in [0.5, 0.6) is 0 Å². The molecule has 0 unspecified atom stereocenters. The van der Waals surface area contributed by atoms with E-state index in [9.17, 15) is 4.79 Å². The summed E-state index contributed by atoms with van der Waals surface area (Å²) < 4.78 is 0. The van der Waals surface area contributed by atoms with E-state index >= 15 is 0 Å². The smallest absolute Gasteiger partial charge is 0.211 e. The van der Waals surface area contributed by atoms with Gasteiger partial charge in [-0.3, -0.25) is 4.79 Å². The van der Waals surface area contributed by atoms with Crippen molar-refractivity contribution in [1.82, 2.24) is 10.3 Å². The van der Waals surface area contributed by atoms with Crippen molar-refractivity contribution < 1.29 is 4.79 Å². The van der Waals surface area contributed by atoms with Gasteiger partial charge in [-0.1, -0.05) is 24.3 Å². The molecule has 0 aliphatic heterocycles. The molecule has 2 aromatic rings. The van der Waals surface area contributed by atoms with Gasteiger partial charge in [-0.2, -0.15) is 0 Å². The number of rotatable bonds is 6. The predicted octanol–water partition coefficient (Wildman–Crippen LogP) is 3.04. The minimum absolute atomic E-state index is 0.467. The van der Waals surface area contributed by atoms with Gasteiger partial charge in [0.15, 0.2) is 0 Å². The maximum Gasteiger partial charge on any atom is 0.211 e. The van der Waals surface area contributed by atoms with E-state index in [-0.39, 0.29) is 0 Å². The summed E-state index contributed by atoms with van der Waals surface area (Å²) in [7, 11) is 1.86. The summed E-state index contributed by atoms with van der Waals surface area (Å²) >= 11 is 0. The molecule has 0 aliphatic rings. The van der Waals surface area contributed by atoms with Crippen LogP contribution in [0.1, 0.15) is 12.5 Å². The first-order chi connectivity index (χ1) is 11.2. The quantitative estimate of drug-likeness (QED) is 0.566. The first-order valence-corrected chi connectivity index (χ1v) is 7.26. The van der Waals surface area contributed by atoms with Gasteiger partial charge in [0.05, 0.1) is 0 Å². The Morgan fingerprint density at radius 3 is 2.61 bits per heavy atom. The number of carbonyl (C=O) groups excluding carboxylic acids is 1. The number of pyridine rings is 1. The van der Waals surface area contributed by atoms with Crippen LogP contribution in [-0.4, -0.2) is 18.4 Å². The molecule has 4 N–H and O–H groups in total. The van der Waals surface area contributed by atoms with Gasteiger partial charge in [0, 0.05) is 36.3 Å². The highest BCUT2D eigenvalue weighted by Crippen LogP contribution is 2.28. The van der Waals surface area contributed by atoms with Crippen molar-refractivity contribution in [2.24, 2.45) is 0 Å². The number of nitrogens with zero attached hydrogens (tertiary/aromatic N) is 1. The Morgan fingerprint density at radius 2 is 2.00 bits per heavy atom. The average molecular weight is 308 g/mol. The van der Waals surface area contributed by atoms with Gasteiger partial charge < -0.3 is 16.4 Å². The molecular formula is C18H20N4O. The molecule has 0 atom stereocenters. The van der Waals surface area contributed by atoms with Crippen LogP contribution in [0, 0.1) is 0 Å². The van der Waals surface area contributed by atoms with Gasteiger partial charge in [-0.25, -0.2) is 4.98 Å². The first kappa shape index (κ1) is 16.3. The highest BCUT2D eigenvalue weighted by molar-refractivity contribution is 5.82. The zero-order chi connectivity index (χ0) is 16.7. The number of nitrogens with two attached hydrogens (primary N) is 1. The number of nitrogens with one attached hydrogen (secondary N) is 2. The van der Waals surface area contributed by atoms with Crippen molar-refractivity contribution >= 4 is 23.5 Å². The Balaban J connectivity index is 2.44. The van der Waals surface area contributed by atoms with Crippen molar-refractivity contribution in [1.29, 1.82) is 0 Å². The largest absolute Gasteiger partial charge is 0.393 e. The highest BCUT2D eigenvalue weighted by Gasteiger charge is 2.07. The Labute approximate surface area is 135 Å². The fourth-order valence-electron chi connectivity index (χ4n) is 2.24. The van der Waals surface area contributed by atoms with Crippen LogP contribution in [0.3, 0.4) is 0 Å². The fourth-order valence-corrected chi connectivity index (χ4v) is 2.24. The van der Waals surface area contributed by atoms with Crippen LogP contribution >= 0.6 is 0 Å². The Kier molecular flexibility index (Phi) is 5.52. The molecule has 0 bridgehead atoms. The average Bonchev–Trinajstić information content (AvgIpc) is 2.56. The molecule has 0 fully saturated rings. The van der Waals surface area contributed by atoms with Gasteiger partial charge in [-0.15, -0.1) is 0 Å². The molecule has 1 aromatic heterocycles. The van der Waals surface area contributed by atoms with Crippen LogP contribution in [0.25, 0.3) is 16.7 Å². The maximum absolute atomic E-state index is 10.5. The number of aromatic nitrogens is 1. The number of allylic oxidation sites excluding steroid dienone is 3. The maximum atomic E-state index is 10.5. The van der Waals surface area contributed by atoms with Crippen LogP contribution in [0.15, 0.2) is 54.9 Å². The lowest BCUT2D eigenvalue weighted by molar-refractivity contribution is -0.105. The van der Waals surface area contributed by atoms with Crippen molar-refractivity contribution in [2.45, 2.75) is 6.92 Å². The van der Waals surface area contributed by atoms with Crippen molar-refractivity contribution in [3.63, 3.8) is 0 Å². The first-order valence-electron chi connectivity index (χ1n) is 7.26. The van der Waals surface area contributed by atoms with E-state index in [1.54, 1.807) is 6.20 Å². The minimum Gasteiger partial charge on any atom is -0.393 e. The van der Waals surface area contributed by atoms with E-state index in [1.807, 2.05) is 62.7 Å². The fraction of sp³-hybridized carbons (Fsp3) is 0.111. The molecule has 1 aromatic carbocycles. The van der Waals surface area contributed by atoms with Crippen molar-refractivity contribution in [3.8, 4) is 11.1 Å². The van der Waals surface area contributed by atoms with Gasteiger partial charge in [0.25, 0.3) is 0 Å². The molecule has 2 rings (SSSR count). The number of benzene rings is 1. The molecule has 1 heterocycles. The standard InChI is InChI=1S/C18H20N4O/c1-3-4-14(10-20-2)15-9-17(18(19)21-11-15)13-5-7-16(8-6-13)22-12-23/h3-12,20H,1-2H3,(H2,19,21)(H,22,23)/b4-3+,14-10+. The molecule has 5 heteroatoms. The second kappa shape index (κ2) is 7.79. The summed E-state index contributed by atoms with van der Waals surface area (Å²) in [4.78, 5) is 14.8. The number of carbonyl (C=O) groups is 1. The zero-order valence-corrected chi connectivity index (χ0v) is 13.2.